The van der Waals surface area contributed by atoms with Crippen LogP contribution < -0.4 is 0 Å². The molecule has 0 amide bonds. The smallest absolute Gasteiger partial charge is 0.0111 e. The minimum absolute atomic E-state index is 0.566. The van der Waals surface area contributed by atoms with Crippen LogP contribution in [-0.2, 0) is 6.42 Å². The van der Waals surface area contributed by atoms with Gasteiger partial charge in [-0.05, 0) is 57.6 Å². The van der Waals surface area contributed by atoms with Crippen molar-refractivity contribution in [2.24, 2.45) is 0 Å². The van der Waals surface area contributed by atoms with Gasteiger partial charge in [0.1, 0.15) is 0 Å². The molecular weight excluding hydrogens is 252 g/mol. The topological polar surface area (TPSA) is 0 Å². The third-order valence-corrected chi connectivity index (χ3v) is 4.85. The van der Waals surface area contributed by atoms with Crippen molar-refractivity contribution in [3.63, 3.8) is 0 Å². The summed E-state index contributed by atoms with van der Waals surface area (Å²) >= 11 is 0. The fourth-order valence-electron chi connectivity index (χ4n) is 3.58. The Hall–Kier alpha value is -1.56. The SMILES string of the molecule is CC(C)c1cc(C(C)C)c2c(c1)C(C)Cc1ccccc1-2. The predicted molar refractivity (Wildman–Crippen MR) is 92.2 cm³/mol. The molecule has 0 nitrogen and oxygen atoms in total. The highest BCUT2D eigenvalue weighted by molar-refractivity contribution is 5.78. The van der Waals surface area contributed by atoms with E-state index < -0.39 is 0 Å². The Morgan fingerprint density at radius 3 is 2.33 bits per heavy atom. The van der Waals surface area contributed by atoms with Gasteiger partial charge < -0.3 is 0 Å². The third-order valence-electron chi connectivity index (χ3n) is 4.85. The van der Waals surface area contributed by atoms with Gasteiger partial charge in [0.05, 0.1) is 0 Å². The normalized spacial score (nSPS) is 17.0. The van der Waals surface area contributed by atoms with Crippen LogP contribution in [0.15, 0.2) is 36.4 Å². The molecule has 0 radical (unpaired) electrons. The van der Waals surface area contributed by atoms with Crippen LogP contribution in [0, 0.1) is 0 Å². The molecule has 110 valence electrons. The Kier molecular flexibility index (Phi) is 3.65. The molecule has 0 bridgehead atoms. The van der Waals surface area contributed by atoms with E-state index in [9.17, 15) is 0 Å². The zero-order valence-corrected chi connectivity index (χ0v) is 13.9. The lowest BCUT2D eigenvalue weighted by Gasteiger charge is -2.30. The molecular formula is C21H26. The fourth-order valence-corrected chi connectivity index (χ4v) is 3.58. The maximum atomic E-state index is 2.46. The molecule has 1 aliphatic rings. The van der Waals surface area contributed by atoms with Crippen molar-refractivity contribution in [1.29, 1.82) is 0 Å². The predicted octanol–water partition coefficient (Wildman–Crippen LogP) is 6.26. The number of hydrogen-bond acceptors (Lipinski definition) is 0. The molecule has 0 saturated heterocycles. The maximum Gasteiger partial charge on any atom is -0.0111 e. The van der Waals surface area contributed by atoms with E-state index in [4.69, 9.17) is 0 Å². The third kappa shape index (κ3) is 2.41. The van der Waals surface area contributed by atoms with Crippen molar-refractivity contribution in [2.45, 2.75) is 58.8 Å². The van der Waals surface area contributed by atoms with E-state index in [0.717, 1.165) is 0 Å². The van der Waals surface area contributed by atoms with Crippen molar-refractivity contribution < 1.29 is 0 Å². The molecule has 0 fully saturated rings. The summed E-state index contributed by atoms with van der Waals surface area (Å²) in [4.78, 5) is 0. The van der Waals surface area contributed by atoms with Crippen molar-refractivity contribution >= 4 is 0 Å². The Morgan fingerprint density at radius 1 is 0.952 bits per heavy atom. The largest absolute Gasteiger partial charge is 0.0620 e. The summed E-state index contributed by atoms with van der Waals surface area (Å²) in [6, 6.07) is 13.9. The first kappa shape index (κ1) is 14.4. The molecule has 2 aromatic rings. The summed E-state index contributed by atoms with van der Waals surface area (Å²) in [6.45, 7) is 11.6. The molecule has 2 aromatic carbocycles. The van der Waals surface area contributed by atoms with Crippen LogP contribution in [0.2, 0.25) is 0 Å². The standard InChI is InChI=1S/C21H26/c1-13(2)17-11-19(14(3)4)21-18-9-7-6-8-16(18)10-15(5)20(21)12-17/h6-9,11-15H,10H2,1-5H3. The highest BCUT2D eigenvalue weighted by Gasteiger charge is 2.25. The molecule has 1 aliphatic carbocycles. The van der Waals surface area contributed by atoms with Gasteiger partial charge in [0.25, 0.3) is 0 Å². The highest BCUT2D eigenvalue weighted by atomic mass is 14.3. The lowest BCUT2D eigenvalue weighted by molar-refractivity contribution is 0.734. The van der Waals surface area contributed by atoms with Crippen molar-refractivity contribution in [2.75, 3.05) is 0 Å². The van der Waals surface area contributed by atoms with Crippen LogP contribution in [0.5, 0.6) is 0 Å². The van der Waals surface area contributed by atoms with Gasteiger partial charge in [-0.15, -0.1) is 0 Å². The summed E-state index contributed by atoms with van der Waals surface area (Å²) < 4.78 is 0. The molecule has 0 N–H and O–H groups in total. The summed E-state index contributed by atoms with van der Waals surface area (Å²) in [6.07, 6.45) is 1.17. The molecule has 21 heavy (non-hydrogen) atoms. The average molecular weight is 278 g/mol. The summed E-state index contributed by atoms with van der Waals surface area (Å²) in [5, 5.41) is 0. The van der Waals surface area contributed by atoms with Gasteiger partial charge in [0.2, 0.25) is 0 Å². The Labute approximate surface area is 129 Å². The van der Waals surface area contributed by atoms with Crippen LogP contribution in [0.4, 0.5) is 0 Å². The van der Waals surface area contributed by atoms with Gasteiger partial charge >= 0.3 is 0 Å². The van der Waals surface area contributed by atoms with Gasteiger partial charge in [-0.25, -0.2) is 0 Å². The van der Waals surface area contributed by atoms with E-state index in [0.29, 0.717) is 17.8 Å². The zero-order valence-electron chi connectivity index (χ0n) is 13.9. The van der Waals surface area contributed by atoms with Gasteiger partial charge in [-0.3, -0.25) is 0 Å². The summed E-state index contributed by atoms with van der Waals surface area (Å²) in [5.41, 5.74) is 9.06. The Bertz CT molecular complexity index is 644. The lowest BCUT2D eigenvalue weighted by atomic mass is 9.74. The monoisotopic (exact) mass is 278 g/mol. The van der Waals surface area contributed by atoms with Crippen LogP contribution >= 0.6 is 0 Å². The lowest BCUT2D eigenvalue weighted by Crippen LogP contribution is -2.12. The fraction of sp³-hybridized carbons (Fsp3) is 0.429. The molecule has 3 rings (SSSR count). The first-order valence-corrected chi connectivity index (χ1v) is 8.25. The zero-order chi connectivity index (χ0) is 15.1. The minimum Gasteiger partial charge on any atom is -0.0620 e. The molecule has 0 aromatic heterocycles. The van der Waals surface area contributed by atoms with E-state index in [2.05, 4.69) is 71.0 Å². The molecule has 1 atom stereocenters. The maximum absolute atomic E-state index is 2.46. The molecule has 0 heteroatoms. The van der Waals surface area contributed by atoms with Crippen LogP contribution in [-0.4, -0.2) is 0 Å². The van der Waals surface area contributed by atoms with Gasteiger partial charge in [-0.1, -0.05) is 71.0 Å². The van der Waals surface area contributed by atoms with Crippen molar-refractivity contribution in [1.82, 2.24) is 0 Å². The first-order valence-electron chi connectivity index (χ1n) is 8.25. The number of hydrogen-bond donors (Lipinski definition) is 0. The second-order valence-electron chi connectivity index (χ2n) is 7.15. The van der Waals surface area contributed by atoms with Gasteiger partial charge in [0.15, 0.2) is 0 Å². The number of rotatable bonds is 2. The Morgan fingerprint density at radius 2 is 1.67 bits per heavy atom. The van der Waals surface area contributed by atoms with Gasteiger partial charge in [0, 0.05) is 0 Å². The highest BCUT2D eigenvalue weighted by Crippen LogP contribution is 2.44. The average Bonchev–Trinajstić information content (AvgIpc) is 2.46. The van der Waals surface area contributed by atoms with E-state index in [-0.39, 0.29) is 0 Å². The molecule has 0 heterocycles. The number of fused-ring (bicyclic) bond motifs is 3. The van der Waals surface area contributed by atoms with E-state index in [1.807, 2.05) is 0 Å². The molecule has 0 saturated carbocycles. The second kappa shape index (κ2) is 5.33. The summed E-state index contributed by atoms with van der Waals surface area (Å²) in [7, 11) is 0. The van der Waals surface area contributed by atoms with Crippen LogP contribution in [0.1, 0.15) is 74.6 Å². The van der Waals surface area contributed by atoms with Crippen molar-refractivity contribution in [3.8, 4) is 11.1 Å². The number of benzene rings is 2. The molecule has 0 spiro atoms. The minimum atomic E-state index is 0.566. The van der Waals surface area contributed by atoms with Gasteiger partial charge in [-0.2, -0.15) is 0 Å². The van der Waals surface area contributed by atoms with E-state index in [1.54, 1.807) is 5.56 Å². The molecule has 0 aliphatic heterocycles. The quantitative estimate of drug-likeness (QED) is 0.608. The molecule has 1 unspecified atom stereocenters. The first-order chi connectivity index (χ1) is 9.99. The van der Waals surface area contributed by atoms with Crippen LogP contribution in [0.25, 0.3) is 11.1 Å². The Balaban J connectivity index is 2.32. The second-order valence-corrected chi connectivity index (χ2v) is 7.15. The van der Waals surface area contributed by atoms with E-state index in [1.165, 1.54) is 34.2 Å². The van der Waals surface area contributed by atoms with E-state index >= 15 is 0 Å². The van der Waals surface area contributed by atoms with Crippen molar-refractivity contribution in [3.05, 3.63) is 58.7 Å². The van der Waals surface area contributed by atoms with Crippen LogP contribution in [0.3, 0.4) is 0 Å². The summed E-state index contributed by atoms with van der Waals surface area (Å²) in [5.74, 6) is 1.78.